The zero-order valence-corrected chi connectivity index (χ0v) is 16.8. The number of nitrogens with two attached hydrogens (primary N) is 1. The lowest BCUT2D eigenvalue weighted by atomic mass is 9.82. The Kier molecular flexibility index (Phi) is 4.83. The second-order valence-corrected chi connectivity index (χ2v) is 8.31. The van der Waals surface area contributed by atoms with Crippen LogP contribution in [0.3, 0.4) is 0 Å². The number of cyclic esters (lactones) is 1. The van der Waals surface area contributed by atoms with Crippen LogP contribution < -0.4 is 5.73 Å². The third-order valence-corrected chi connectivity index (χ3v) is 6.01. The first kappa shape index (κ1) is 19.1. The van der Waals surface area contributed by atoms with Gasteiger partial charge in [-0.2, -0.15) is 10.1 Å². The van der Waals surface area contributed by atoms with E-state index in [1.165, 1.54) is 0 Å². The first-order valence-corrected chi connectivity index (χ1v) is 9.98. The quantitative estimate of drug-likeness (QED) is 0.773. The number of aromatic nitrogens is 1. The molecule has 2 aromatic rings. The Morgan fingerprint density at radius 3 is 2.55 bits per heavy atom. The molecule has 1 aromatic carbocycles. The zero-order valence-electron chi connectivity index (χ0n) is 16.8. The summed E-state index contributed by atoms with van der Waals surface area (Å²) in [5.41, 5.74) is 8.82. The van der Waals surface area contributed by atoms with E-state index in [1.54, 1.807) is 6.20 Å². The summed E-state index contributed by atoms with van der Waals surface area (Å²) in [4.78, 5) is 16.9. The maximum atomic E-state index is 12.8. The van der Waals surface area contributed by atoms with E-state index in [4.69, 9.17) is 10.5 Å². The maximum Gasteiger partial charge on any atom is 0.597 e. The van der Waals surface area contributed by atoms with Crippen molar-refractivity contribution in [1.82, 2.24) is 4.98 Å². The summed E-state index contributed by atoms with van der Waals surface area (Å²) < 4.78 is 7.61. The molecule has 148 valence electrons. The fourth-order valence-corrected chi connectivity index (χ4v) is 4.57. The number of anilines is 1. The highest BCUT2D eigenvalue weighted by Gasteiger charge is 2.56. The van der Waals surface area contributed by atoms with Gasteiger partial charge in [-0.15, -0.1) is 4.58 Å². The lowest BCUT2D eigenvalue weighted by Gasteiger charge is -2.24. The maximum absolute atomic E-state index is 12.8. The van der Waals surface area contributed by atoms with Crippen molar-refractivity contribution in [2.75, 3.05) is 5.73 Å². The van der Waals surface area contributed by atoms with Crippen LogP contribution in [0, 0.1) is 11.3 Å². The summed E-state index contributed by atoms with van der Waals surface area (Å²) >= 11 is 0. The van der Waals surface area contributed by atoms with Crippen molar-refractivity contribution in [2.45, 2.75) is 57.1 Å². The highest BCUT2D eigenvalue weighted by atomic mass is 16.6. The molecule has 2 N–H and O–H groups in total. The molecule has 0 spiro atoms. The van der Waals surface area contributed by atoms with Gasteiger partial charge in [0, 0.05) is 24.6 Å². The summed E-state index contributed by atoms with van der Waals surface area (Å²) in [7, 11) is 0. The number of nitriles is 1. The molecule has 1 aliphatic carbocycles. The van der Waals surface area contributed by atoms with E-state index in [-0.39, 0.29) is 18.0 Å². The number of nitrogen functional groups attached to an aromatic ring is 1. The van der Waals surface area contributed by atoms with Crippen LogP contribution in [-0.2, 0) is 4.74 Å². The summed E-state index contributed by atoms with van der Waals surface area (Å²) in [5, 5.41) is 9.21. The molecule has 6 nitrogen and oxygen atoms in total. The van der Waals surface area contributed by atoms with Crippen LogP contribution in [0.15, 0.2) is 42.6 Å². The zero-order chi connectivity index (χ0) is 20.6. The molecule has 1 saturated heterocycles. The van der Waals surface area contributed by atoms with Crippen LogP contribution in [0.25, 0.3) is 0 Å². The monoisotopic (exact) mass is 389 g/mol. The molecule has 1 atom stereocenters. The molecule has 2 fully saturated rings. The smallest absolute Gasteiger partial charge is 0.398 e. The fourth-order valence-electron chi connectivity index (χ4n) is 4.57. The first-order valence-electron chi connectivity index (χ1n) is 9.98. The molecular formula is C23H25N4O2+. The largest absolute Gasteiger partial charge is 0.597 e. The molecule has 0 unspecified atom stereocenters. The van der Waals surface area contributed by atoms with E-state index in [0.29, 0.717) is 11.5 Å². The molecule has 0 bridgehead atoms. The van der Waals surface area contributed by atoms with Gasteiger partial charge in [-0.05, 0) is 44.2 Å². The summed E-state index contributed by atoms with van der Waals surface area (Å²) in [6.45, 7) is 3.94. The van der Waals surface area contributed by atoms with E-state index >= 15 is 0 Å². The van der Waals surface area contributed by atoms with Gasteiger partial charge in [-0.3, -0.25) is 0 Å². The predicted molar refractivity (Wildman–Crippen MR) is 110 cm³/mol. The number of pyridine rings is 1. The van der Waals surface area contributed by atoms with Gasteiger partial charge in [0.2, 0.25) is 6.04 Å². The lowest BCUT2D eigenvalue weighted by molar-refractivity contribution is -0.471. The third kappa shape index (κ3) is 3.49. The SMILES string of the molecule is CC1(C)OC(=O)[N+](=C2CCC(c3cnc(N)c(C#N)c3)CC2)[C@H]1c1ccccc1. The Morgan fingerprint density at radius 1 is 1.21 bits per heavy atom. The van der Waals surface area contributed by atoms with E-state index in [0.717, 1.165) is 42.5 Å². The average molecular weight is 389 g/mol. The number of benzene rings is 1. The second-order valence-electron chi connectivity index (χ2n) is 8.31. The normalized spacial score (nSPS) is 23.6. The van der Waals surface area contributed by atoms with Gasteiger partial charge in [0.15, 0.2) is 11.3 Å². The number of ether oxygens (including phenoxy) is 1. The number of rotatable bonds is 2. The van der Waals surface area contributed by atoms with E-state index in [9.17, 15) is 10.1 Å². The molecule has 29 heavy (non-hydrogen) atoms. The Bertz CT molecular complexity index is 1010. The second kappa shape index (κ2) is 7.32. The summed E-state index contributed by atoms with van der Waals surface area (Å²) in [6, 6.07) is 13.9. The van der Waals surface area contributed by atoms with Crippen LogP contribution in [-0.4, -0.2) is 27.0 Å². The van der Waals surface area contributed by atoms with Crippen LogP contribution in [0.2, 0.25) is 0 Å². The van der Waals surface area contributed by atoms with E-state index in [2.05, 4.69) is 23.2 Å². The van der Waals surface area contributed by atoms with E-state index < -0.39 is 5.60 Å². The molecule has 4 rings (SSSR count). The van der Waals surface area contributed by atoms with Crippen molar-refractivity contribution in [2.24, 2.45) is 0 Å². The first-order chi connectivity index (χ1) is 13.9. The minimum absolute atomic E-state index is 0.133. The van der Waals surface area contributed by atoms with Crippen molar-refractivity contribution >= 4 is 17.6 Å². The fraction of sp³-hybridized carbons (Fsp3) is 0.391. The van der Waals surface area contributed by atoms with Crippen LogP contribution in [0.1, 0.15) is 68.2 Å². The van der Waals surface area contributed by atoms with Gasteiger partial charge >= 0.3 is 6.09 Å². The number of hydrogen-bond acceptors (Lipinski definition) is 5. The predicted octanol–water partition coefficient (Wildman–Crippen LogP) is 4.32. The van der Waals surface area contributed by atoms with Gasteiger partial charge in [0.1, 0.15) is 11.9 Å². The highest BCUT2D eigenvalue weighted by molar-refractivity contribution is 5.85. The number of carbonyl (C=O) groups is 1. The highest BCUT2D eigenvalue weighted by Crippen LogP contribution is 2.41. The summed E-state index contributed by atoms with van der Waals surface area (Å²) in [6.07, 6.45) is 4.93. The Balaban J connectivity index is 1.62. The average Bonchev–Trinajstić information content (AvgIpc) is 2.97. The van der Waals surface area contributed by atoms with Gasteiger partial charge in [-0.25, -0.2) is 4.98 Å². The van der Waals surface area contributed by atoms with Crippen LogP contribution in [0.4, 0.5) is 10.6 Å². The van der Waals surface area contributed by atoms with Crippen molar-refractivity contribution in [3.63, 3.8) is 0 Å². The number of hydrogen-bond donors (Lipinski definition) is 1. The molecule has 2 heterocycles. The molecule has 1 amide bonds. The Labute approximate surface area is 170 Å². The molecule has 1 saturated carbocycles. The standard InChI is InChI=1S/C23H25N4O2/c1-23(2)20(16-6-4-3-5-7-16)27(22(28)29-23)19-10-8-15(9-11-19)18-12-17(13-24)21(25)26-14-18/h3-7,12,14-15,20H,8-11H2,1-2H3,(H2,25,26)/q+1/t15?,20-/m0/s1. The Hall–Kier alpha value is -3.20. The topological polar surface area (TPSA) is 92.0 Å². The van der Waals surface area contributed by atoms with Crippen molar-refractivity contribution in [1.29, 1.82) is 5.26 Å². The van der Waals surface area contributed by atoms with Gasteiger partial charge in [-0.1, -0.05) is 30.3 Å². The molecule has 0 radical (unpaired) electrons. The van der Waals surface area contributed by atoms with Gasteiger partial charge in [0.25, 0.3) is 0 Å². The van der Waals surface area contributed by atoms with Crippen LogP contribution in [0.5, 0.6) is 0 Å². The number of amides is 1. The lowest BCUT2D eigenvalue weighted by Crippen LogP contribution is -2.33. The van der Waals surface area contributed by atoms with Crippen molar-refractivity contribution in [3.05, 3.63) is 59.3 Å². The third-order valence-electron chi connectivity index (χ3n) is 6.01. The molecule has 1 aromatic heterocycles. The van der Waals surface area contributed by atoms with E-state index in [1.807, 2.05) is 42.7 Å². The Morgan fingerprint density at radius 2 is 1.90 bits per heavy atom. The van der Waals surface area contributed by atoms with Crippen molar-refractivity contribution < 1.29 is 14.1 Å². The molecule has 6 heteroatoms. The number of nitrogens with zero attached hydrogens (tertiary/aromatic N) is 3. The van der Waals surface area contributed by atoms with Crippen molar-refractivity contribution in [3.8, 4) is 6.07 Å². The van der Waals surface area contributed by atoms with Crippen LogP contribution >= 0.6 is 0 Å². The molecule has 2 aliphatic rings. The minimum atomic E-state index is -0.592. The molecule has 1 aliphatic heterocycles. The van der Waals surface area contributed by atoms with Gasteiger partial charge in [0.05, 0.1) is 5.56 Å². The summed E-state index contributed by atoms with van der Waals surface area (Å²) in [5.74, 6) is 0.577. The number of carbonyl (C=O) groups excluding carboxylic acids is 1. The molecular weight excluding hydrogens is 364 g/mol. The minimum Gasteiger partial charge on any atom is -0.398 e. The van der Waals surface area contributed by atoms with Gasteiger partial charge < -0.3 is 10.5 Å².